The molecule has 0 bridgehead atoms. The first-order valence-electron chi connectivity index (χ1n) is 24.1. The van der Waals surface area contributed by atoms with Gasteiger partial charge in [0.15, 0.2) is 0 Å². The van der Waals surface area contributed by atoms with Crippen LogP contribution in [0.1, 0.15) is 0 Å². The van der Waals surface area contributed by atoms with Gasteiger partial charge in [-0.2, -0.15) is 0 Å². The van der Waals surface area contributed by atoms with E-state index in [1.165, 1.54) is 108 Å². The van der Waals surface area contributed by atoms with Gasteiger partial charge in [-0.3, -0.25) is 4.57 Å². The van der Waals surface area contributed by atoms with Gasteiger partial charge in [-0.25, -0.2) is 9.97 Å². The molecule has 0 aliphatic carbocycles. The van der Waals surface area contributed by atoms with E-state index in [9.17, 15) is 0 Å². The maximum absolute atomic E-state index is 5.58. The molecule has 4 nitrogen and oxygen atoms in total. The van der Waals surface area contributed by atoms with Crippen molar-refractivity contribution in [2.24, 2.45) is 0 Å². The first-order valence-corrected chi connectivity index (χ1v) is 24.1. The second-order valence-corrected chi connectivity index (χ2v) is 18.9. The van der Waals surface area contributed by atoms with Crippen molar-refractivity contribution in [1.29, 1.82) is 0 Å². The van der Waals surface area contributed by atoms with E-state index in [0.717, 1.165) is 38.9 Å². The van der Waals surface area contributed by atoms with Gasteiger partial charge < -0.3 is 4.57 Å². The Morgan fingerprint density at radius 3 is 1.41 bits per heavy atom. The second kappa shape index (κ2) is 14.1. The van der Waals surface area contributed by atoms with Crippen molar-refractivity contribution in [3.63, 3.8) is 0 Å². The molecule has 3 aromatic heterocycles. The average molecular weight is 887 g/mol. The zero-order valence-corrected chi connectivity index (χ0v) is 37.7. The highest BCUT2D eigenvalue weighted by Gasteiger charge is 2.24. The summed E-state index contributed by atoms with van der Waals surface area (Å²) >= 11 is 0. The Kier molecular flexibility index (Phi) is 7.58. The molecule has 0 aliphatic heterocycles. The van der Waals surface area contributed by atoms with Crippen LogP contribution in [0.5, 0.6) is 0 Å². The molecule has 0 N–H and O–H groups in total. The summed E-state index contributed by atoms with van der Waals surface area (Å²) in [7, 11) is 0. The molecule has 0 aliphatic rings. The smallest absolute Gasteiger partial charge is 0.235 e. The van der Waals surface area contributed by atoms with Gasteiger partial charge in [-0.1, -0.05) is 182 Å². The molecule has 0 amide bonds. The molecule has 13 aromatic carbocycles. The van der Waals surface area contributed by atoms with Crippen LogP contribution < -0.4 is 0 Å². The van der Waals surface area contributed by atoms with E-state index in [1.54, 1.807) is 0 Å². The van der Waals surface area contributed by atoms with Crippen molar-refractivity contribution in [1.82, 2.24) is 19.1 Å². The van der Waals surface area contributed by atoms with Gasteiger partial charge in [0.25, 0.3) is 0 Å². The van der Waals surface area contributed by atoms with Crippen molar-refractivity contribution in [2.75, 3.05) is 0 Å². The Labute approximate surface area is 400 Å². The summed E-state index contributed by atoms with van der Waals surface area (Å²) in [5, 5.41) is 20.9. The van der Waals surface area contributed by atoms with Crippen LogP contribution in [0.15, 0.2) is 231 Å². The number of aromatic nitrogens is 4. The second-order valence-electron chi connectivity index (χ2n) is 18.9. The summed E-state index contributed by atoms with van der Waals surface area (Å²) in [6.07, 6.45) is 0. The van der Waals surface area contributed by atoms with Crippen molar-refractivity contribution in [3.05, 3.63) is 231 Å². The van der Waals surface area contributed by atoms with E-state index >= 15 is 0 Å². The van der Waals surface area contributed by atoms with Crippen LogP contribution in [0.2, 0.25) is 0 Å². The Morgan fingerprint density at radius 2 is 0.743 bits per heavy atom. The van der Waals surface area contributed by atoms with Crippen molar-refractivity contribution in [2.45, 2.75) is 0 Å². The minimum atomic E-state index is 0.648. The number of benzene rings is 13. The third-order valence-electron chi connectivity index (χ3n) is 15.2. The van der Waals surface area contributed by atoms with E-state index in [-0.39, 0.29) is 0 Å². The van der Waals surface area contributed by atoms with E-state index in [4.69, 9.17) is 9.97 Å². The molecule has 0 atom stereocenters. The molecule has 16 rings (SSSR count). The number of fused-ring (bicyclic) bond motifs is 13. The lowest BCUT2D eigenvalue weighted by Crippen LogP contribution is -2.03. The van der Waals surface area contributed by atoms with Crippen LogP contribution in [0.4, 0.5) is 0 Å². The number of hydrogen-bond donors (Lipinski definition) is 0. The third-order valence-corrected chi connectivity index (χ3v) is 15.2. The fourth-order valence-electron chi connectivity index (χ4n) is 12.1. The van der Waals surface area contributed by atoms with E-state index in [1.807, 2.05) is 0 Å². The third kappa shape index (κ3) is 5.19. The Balaban J connectivity index is 0.988. The first kappa shape index (κ1) is 37.7. The van der Waals surface area contributed by atoms with Crippen LogP contribution >= 0.6 is 0 Å². The fraction of sp³-hybridized carbons (Fsp3) is 0. The van der Waals surface area contributed by atoms with Gasteiger partial charge in [-0.15, -0.1) is 0 Å². The molecule has 16 aromatic rings. The van der Waals surface area contributed by atoms with E-state index in [0.29, 0.717) is 5.95 Å². The van der Waals surface area contributed by atoms with Crippen LogP contribution in [0, 0.1) is 0 Å². The van der Waals surface area contributed by atoms with E-state index < -0.39 is 0 Å². The lowest BCUT2D eigenvalue weighted by Gasteiger charge is -2.17. The molecule has 0 unspecified atom stereocenters. The molecule has 0 radical (unpaired) electrons. The minimum absolute atomic E-state index is 0.648. The summed E-state index contributed by atoms with van der Waals surface area (Å²) in [5.41, 5.74) is 10.9. The predicted molar refractivity (Wildman–Crippen MR) is 295 cm³/mol. The number of para-hydroxylation sites is 3. The Morgan fingerprint density at radius 1 is 0.257 bits per heavy atom. The topological polar surface area (TPSA) is 35.6 Å². The zero-order chi connectivity index (χ0) is 45.6. The monoisotopic (exact) mass is 886 g/mol. The van der Waals surface area contributed by atoms with Crippen LogP contribution in [0.25, 0.3) is 153 Å². The summed E-state index contributed by atoms with van der Waals surface area (Å²) < 4.78 is 4.79. The molecule has 0 saturated carbocycles. The van der Waals surface area contributed by atoms with Gasteiger partial charge >= 0.3 is 0 Å². The molecular weight excluding hydrogens is 849 g/mol. The molecule has 0 fully saturated rings. The SMILES string of the molecule is c1ccc2cc(-c3ccc(-c4nc(-n5c6ccccc6c6c7cccc8c9cccc%10c9c(cc9c%10c%10ccccc%10n9-c9ccc%10ccccc%10c9)c(cc65)c87)nc5ccccc45)cc3)ccc2c1. The Bertz CT molecular complexity index is 4880. The molecule has 0 spiro atoms. The largest absolute Gasteiger partial charge is 0.309 e. The highest BCUT2D eigenvalue weighted by molar-refractivity contribution is 6.41. The van der Waals surface area contributed by atoms with Crippen molar-refractivity contribution in [3.8, 4) is 34.0 Å². The van der Waals surface area contributed by atoms with Crippen LogP contribution in [-0.2, 0) is 0 Å². The molecular formula is C66H38N4. The average Bonchev–Trinajstić information content (AvgIpc) is 3.94. The zero-order valence-electron chi connectivity index (χ0n) is 37.7. The number of nitrogens with zero attached hydrogens (tertiary/aromatic N) is 4. The summed E-state index contributed by atoms with van der Waals surface area (Å²) in [4.78, 5) is 11.0. The highest BCUT2D eigenvalue weighted by atomic mass is 15.2. The molecule has 70 heavy (non-hydrogen) atoms. The number of rotatable bonds is 4. The van der Waals surface area contributed by atoms with Gasteiger partial charge in [-0.05, 0) is 124 Å². The first-order chi connectivity index (χ1) is 34.7. The quantitative estimate of drug-likeness (QED) is 0.130. The highest BCUT2D eigenvalue weighted by Crippen LogP contribution is 2.49. The molecule has 4 heteroatoms. The molecule has 322 valence electrons. The van der Waals surface area contributed by atoms with Gasteiger partial charge in [0, 0.05) is 38.2 Å². The minimum Gasteiger partial charge on any atom is -0.309 e. The summed E-state index contributed by atoms with van der Waals surface area (Å²) in [5.74, 6) is 0.648. The van der Waals surface area contributed by atoms with Crippen molar-refractivity contribution >= 4 is 119 Å². The maximum atomic E-state index is 5.58. The van der Waals surface area contributed by atoms with Crippen LogP contribution in [0.3, 0.4) is 0 Å². The fourth-order valence-corrected chi connectivity index (χ4v) is 12.1. The van der Waals surface area contributed by atoms with Gasteiger partial charge in [0.1, 0.15) is 0 Å². The van der Waals surface area contributed by atoms with E-state index in [2.05, 4.69) is 240 Å². The van der Waals surface area contributed by atoms with Gasteiger partial charge in [0.05, 0.1) is 33.3 Å². The molecule has 0 saturated heterocycles. The van der Waals surface area contributed by atoms with Gasteiger partial charge in [0.2, 0.25) is 5.95 Å². The lowest BCUT2D eigenvalue weighted by molar-refractivity contribution is 1.01. The standard InChI is InChI=1S/C66H38N4/c1-3-15-43-35-45(32-29-39(43)13-1)41-27-30-42(31-28-41)65-49-17-5-8-24-56(49)67-66(68-65)70-58-26-10-7-19-51(58)64-53-23-12-21-48-47-20-11-22-52-61(47)54(55(62(48)53)38-60(64)70)37-59-63(52)50-18-6-9-25-57(50)69(59)46-34-33-40-14-2-4-16-44(40)36-46/h1-38H. The summed E-state index contributed by atoms with van der Waals surface area (Å²) in [6.45, 7) is 0. The summed E-state index contributed by atoms with van der Waals surface area (Å²) in [6, 6.07) is 84.4. The maximum Gasteiger partial charge on any atom is 0.235 e. The van der Waals surface area contributed by atoms with Crippen molar-refractivity contribution < 1.29 is 0 Å². The molecule has 3 heterocycles. The Hall–Kier alpha value is -9.38. The predicted octanol–water partition coefficient (Wildman–Crippen LogP) is 17.5. The number of hydrogen-bond acceptors (Lipinski definition) is 2. The normalized spacial score (nSPS) is 12.3. The van der Waals surface area contributed by atoms with Crippen LogP contribution in [-0.4, -0.2) is 19.1 Å². The lowest BCUT2D eigenvalue weighted by atomic mass is 9.87.